The van der Waals surface area contributed by atoms with Crippen LogP contribution in [0.15, 0.2) is 36.4 Å². The lowest BCUT2D eigenvalue weighted by Gasteiger charge is -2.12. The molecule has 0 amide bonds. The first kappa shape index (κ1) is 17.3. The van der Waals surface area contributed by atoms with E-state index in [-0.39, 0.29) is 5.97 Å². The second-order valence-corrected chi connectivity index (χ2v) is 6.59. The summed E-state index contributed by atoms with van der Waals surface area (Å²) >= 11 is 4.30. The highest BCUT2D eigenvalue weighted by atomic mass is 127. The van der Waals surface area contributed by atoms with E-state index in [0.29, 0.717) is 17.9 Å². The Hall–Kier alpha value is -1.03. The van der Waals surface area contributed by atoms with Gasteiger partial charge in [0.2, 0.25) is 0 Å². The van der Waals surface area contributed by atoms with Crippen molar-refractivity contribution in [1.82, 2.24) is 0 Å². The van der Waals surface area contributed by atoms with Gasteiger partial charge in [0.05, 0.1) is 26.4 Å². The molecule has 0 saturated carbocycles. The minimum Gasteiger partial charge on any atom is -0.497 e. The largest absolute Gasteiger partial charge is 0.497 e. The monoisotopic (exact) mass is 524 g/mol. The molecule has 22 heavy (non-hydrogen) atoms. The van der Waals surface area contributed by atoms with Gasteiger partial charge in [-0.1, -0.05) is 0 Å². The molecule has 116 valence electrons. The van der Waals surface area contributed by atoms with Crippen molar-refractivity contribution in [3.8, 4) is 17.2 Å². The van der Waals surface area contributed by atoms with Crippen LogP contribution in [0.1, 0.15) is 17.3 Å². The molecule has 0 heterocycles. The first-order valence-electron chi connectivity index (χ1n) is 6.53. The van der Waals surface area contributed by atoms with Crippen LogP contribution in [-0.2, 0) is 4.74 Å². The highest BCUT2D eigenvalue weighted by Crippen LogP contribution is 2.33. The van der Waals surface area contributed by atoms with Crippen molar-refractivity contribution in [2.75, 3.05) is 13.7 Å². The number of ether oxygens (including phenoxy) is 3. The summed E-state index contributed by atoms with van der Waals surface area (Å²) in [6.07, 6.45) is 0. The maximum atomic E-state index is 11.8. The second-order valence-electron chi connectivity index (χ2n) is 4.27. The zero-order chi connectivity index (χ0) is 16.1. The molecule has 0 radical (unpaired) electrons. The summed E-state index contributed by atoms with van der Waals surface area (Å²) < 4.78 is 17.8. The first-order valence-corrected chi connectivity index (χ1v) is 8.69. The smallest absolute Gasteiger partial charge is 0.338 e. The van der Waals surface area contributed by atoms with Gasteiger partial charge in [0.1, 0.15) is 11.5 Å². The van der Waals surface area contributed by atoms with Crippen molar-refractivity contribution in [3.05, 3.63) is 49.1 Å². The third-order valence-electron chi connectivity index (χ3n) is 2.79. The van der Waals surface area contributed by atoms with Crippen LogP contribution >= 0.6 is 45.2 Å². The lowest BCUT2D eigenvalue weighted by Crippen LogP contribution is -2.06. The molecular formula is C16H14I2O4. The number of hydrogen-bond acceptors (Lipinski definition) is 4. The fraction of sp³-hybridized carbons (Fsp3) is 0.188. The average molecular weight is 524 g/mol. The third-order valence-corrected chi connectivity index (χ3v) is 4.39. The van der Waals surface area contributed by atoms with E-state index >= 15 is 0 Å². The van der Waals surface area contributed by atoms with Crippen LogP contribution in [0.4, 0.5) is 0 Å². The van der Waals surface area contributed by atoms with Crippen LogP contribution in [0.3, 0.4) is 0 Å². The molecule has 0 N–H and O–H groups in total. The number of methoxy groups -OCH3 is 1. The van der Waals surface area contributed by atoms with Crippen molar-refractivity contribution >= 4 is 51.2 Å². The highest BCUT2D eigenvalue weighted by molar-refractivity contribution is 14.1. The van der Waals surface area contributed by atoms with Crippen LogP contribution in [0.2, 0.25) is 0 Å². The predicted molar refractivity (Wildman–Crippen MR) is 101 cm³/mol. The van der Waals surface area contributed by atoms with Crippen LogP contribution in [0.5, 0.6) is 17.2 Å². The van der Waals surface area contributed by atoms with Gasteiger partial charge < -0.3 is 14.2 Å². The number of esters is 1. The third kappa shape index (κ3) is 4.25. The Morgan fingerprint density at radius 1 is 1.05 bits per heavy atom. The minimum atomic E-state index is -0.325. The van der Waals surface area contributed by atoms with Gasteiger partial charge in [-0.3, -0.25) is 0 Å². The quantitative estimate of drug-likeness (QED) is 0.414. The van der Waals surface area contributed by atoms with E-state index in [4.69, 9.17) is 14.2 Å². The Labute approximate surface area is 156 Å². The number of benzene rings is 2. The Morgan fingerprint density at radius 2 is 1.59 bits per heavy atom. The fourth-order valence-corrected chi connectivity index (χ4v) is 3.74. The molecule has 0 aliphatic heterocycles. The van der Waals surface area contributed by atoms with E-state index in [9.17, 15) is 4.79 Å². The summed E-state index contributed by atoms with van der Waals surface area (Å²) in [6, 6.07) is 10.9. The molecule has 0 unspecified atom stereocenters. The molecule has 4 nitrogen and oxygen atoms in total. The zero-order valence-electron chi connectivity index (χ0n) is 12.1. The zero-order valence-corrected chi connectivity index (χ0v) is 16.4. The van der Waals surface area contributed by atoms with E-state index in [1.165, 1.54) is 0 Å². The molecule has 2 aromatic carbocycles. The molecule has 0 spiro atoms. The van der Waals surface area contributed by atoms with Crippen LogP contribution in [0.25, 0.3) is 0 Å². The van der Waals surface area contributed by atoms with E-state index in [1.54, 1.807) is 26.2 Å². The molecule has 0 aliphatic carbocycles. The van der Waals surface area contributed by atoms with Gasteiger partial charge in [0.25, 0.3) is 0 Å². The summed E-state index contributed by atoms with van der Waals surface area (Å²) in [5.41, 5.74) is 0.526. The van der Waals surface area contributed by atoms with Gasteiger partial charge in [0.15, 0.2) is 5.75 Å². The van der Waals surface area contributed by atoms with Gasteiger partial charge in [-0.15, -0.1) is 0 Å². The number of carbonyl (C=O) groups is 1. The normalized spacial score (nSPS) is 10.2. The van der Waals surface area contributed by atoms with Gasteiger partial charge in [-0.2, -0.15) is 0 Å². The second kappa shape index (κ2) is 8.00. The minimum absolute atomic E-state index is 0.325. The van der Waals surface area contributed by atoms with Crippen molar-refractivity contribution < 1.29 is 19.0 Å². The summed E-state index contributed by atoms with van der Waals surface area (Å²) in [7, 11) is 1.62. The predicted octanol–water partition coefficient (Wildman–Crippen LogP) is 4.87. The molecule has 2 rings (SSSR count). The van der Waals surface area contributed by atoms with Crippen molar-refractivity contribution in [3.63, 3.8) is 0 Å². The summed E-state index contributed by atoms with van der Waals surface area (Å²) in [5.74, 6) is 1.88. The Kier molecular flexibility index (Phi) is 6.30. The average Bonchev–Trinajstić information content (AvgIpc) is 2.51. The van der Waals surface area contributed by atoms with E-state index < -0.39 is 0 Å². The molecule has 0 saturated heterocycles. The highest BCUT2D eigenvalue weighted by Gasteiger charge is 2.15. The molecule has 2 aromatic rings. The van der Waals surface area contributed by atoms with E-state index in [1.807, 2.05) is 24.3 Å². The Morgan fingerprint density at radius 3 is 2.09 bits per heavy atom. The molecule has 0 fully saturated rings. The van der Waals surface area contributed by atoms with Gasteiger partial charge in [-0.05, 0) is 88.5 Å². The first-order chi connectivity index (χ1) is 10.5. The molecule has 6 heteroatoms. The Balaban J connectivity index is 2.25. The maximum Gasteiger partial charge on any atom is 0.338 e. The van der Waals surface area contributed by atoms with Gasteiger partial charge in [-0.25, -0.2) is 4.79 Å². The van der Waals surface area contributed by atoms with Crippen LogP contribution in [0, 0.1) is 7.14 Å². The molecule has 0 atom stereocenters. The molecular weight excluding hydrogens is 510 g/mol. The number of carbonyl (C=O) groups excluding carboxylic acids is 1. The van der Waals surface area contributed by atoms with E-state index in [0.717, 1.165) is 18.6 Å². The molecule has 0 aromatic heterocycles. The fourth-order valence-electron chi connectivity index (χ4n) is 1.75. The lowest BCUT2D eigenvalue weighted by molar-refractivity contribution is 0.0526. The van der Waals surface area contributed by atoms with Crippen LogP contribution < -0.4 is 9.47 Å². The van der Waals surface area contributed by atoms with Crippen molar-refractivity contribution in [2.24, 2.45) is 0 Å². The number of halogens is 2. The summed E-state index contributed by atoms with van der Waals surface area (Å²) in [6.45, 7) is 2.14. The molecule has 0 bridgehead atoms. The van der Waals surface area contributed by atoms with Gasteiger partial charge >= 0.3 is 5.97 Å². The van der Waals surface area contributed by atoms with Crippen molar-refractivity contribution in [2.45, 2.75) is 6.92 Å². The lowest BCUT2D eigenvalue weighted by atomic mass is 10.2. The van der Waals surface area contributed by atoms with Gasteiger partial charge in [0, 0.05) is 0 Å². The van der Waals surface area contributed by atoms with E-state index in [2.05, 4.69) is 45.2 Å². The number of hydrogen-bond donors (Lipinski definition) is 0. The summed E-state index contributed by atoms with van der Waals surface area (Å²) in [4.78, 5) is 11.8. The topological polar surface area (TPSA) is 44.8 Å². The molecule has 0 aliphatic rings. The maximum absolute atomic E-state index is 11.8. The standard InChI is InChI=1S/C16H14I2O4/c1-3-21-16(19)10-8-13(17)15(14(18)9-10)22-12-6-4-11(20-2)5-7-12/h4-9H,3H2,1-2H3. The van der Waals surface area contributed by atoms with Crippen molar-refractivity contribution in [1.29, 1.82) is 0 Å². The number of rotatable bonds is 5. The summed E-state index contributed by atoms with van der Waals surface area (Å²) in [5, 5.41) is 0. The van der Waals surface area contributed by atoms with Crippen LogP contribution in [-0.4, -0.2) is 19.7 Å². The Bertz CT molecular complexity index is 645. The SMILES string of the molecule is CCOC(=O)c1cc(I)c(Oc2ccc(OC)cc2)c(I)c1.